The van der Waals surface area contributed by atoms with Crippen molar-refractivity contribution in [2.45, 2.75) is 12.5 Å². The lowest BCUT2D eigenvalue weighted by Crippen LogP contribution is -2.13. The van der Waals surface area contributed by atoms with Gasteiger partial charge >= 0.3 is 0 Å². The molecule has 0 fully saturated rings. The van der Waals surface area contributed by atoms with Crippen molar-refractivity contribution in [3.05, 3.63) is 56.5 Å². The number of hydrogen-bond donors (Lipinski definition) is 1. The second kappa shape index (κ2) is 7.29. The third kappa shape index (κ3) is 3.99. The molecule has 0 spiro atoms. The standard InChI is InChI=1S/C16H17Br2NO2/c1-20-12-4-5-13(17)11(7-12)9-15(19)10-3-6-16(21-2)14(18)8-10/h3-8,15H,9,19H2,1-2H3. The van der Waals surface area contributed by atoms with Crippen molar-refractivity contribution in [1.82, 2.24) is 0 Å². The summed E-state index contributed by atoms with van der Waals surface area (Å²) in [6.45, 7) is 0. The lowest BCUT2D eigenvalue weighted by atomic mass is 9.99. The van der Waals surface area contributed by atoms with E-state index >= 15 is 0 Å². The molecule has 0 saturated carbocycles. The molecular formula is C16H17Br2NO2. The summed E-state index contributed by atoms with van der Waals surface area (Å²) in [6, 6.07) is 11.7. The molecule has 2 aromatic carbocycles. The lowest BCUT2D eigenvalue weighted by Gasteiger charge is -2.15. The van der Waals surface area contributed by atoms with Crippen LogP contribution in [0.3, 0.4) is 0 Å². The first-order valence-corrected chi connectivity index (χ1v) is 8.05. The molecule has 0 bridgehead atoms. The second-order valence-electron chi connectivity index (χ2n) is 4.66. The summed E-state index contributed by atoms with van der Waals surface area (Å²) in [7, 11) is 3.31. The molecule has 1 unspecified atom stereocenters. The molecule has 0 aliphatic heterocycles. The van der Waals surface area contributed by atoms with Gasteiger partial charge in [0.15, 0.2) is 0 Å². The van der Waals surface area contributed by atoms with Gasteiger partial charge in [-0.05, 0) is 63.8 Å². The van der Waals surface area contributed by atoms with Crippen LogP contribution in [0.4, 0.5) is 0 Å². The quantitative estimate of drug-likeness (QED) is 0.784. The van der Waals surface area contributed by atoms with Crippen LogP contribution in [0.5, 0.6) is 11.5 Å². The molecule has 1 atom stereocenters. The maximum atomic E-state index is 6.32. The van der Waals surface area contributed by atoms with Crippen molar-refractivity contribution in [2.75, 3.05) is 14.2 Å². The Bertz CT molecular complexity index is 632. The van der Waals surface area contributed by atoms with Crippen molar-refractivity contribution in [2.24, 2.45) is 5.73 Å². The largest absolute Gasteiger partial charge is 0.497 e. The predicted octanol–water partition coefficient (Wildman–Crippen LogP) is 4.47. The third-order valence-corrected chi connectivity index (χ3v) is 4.69. The van der Waals surface area contributed by atoms with Gasteiger partial charge in [0.1, 0.15) is 11.5 Å². The first kappa shape index (κ1) is 16.3. The number of hydrogen-bond acceptors (Lipinski definition) is 3. The average Bonchev–Trinajstić information content (AvgIpc) is 2.49. The number of rotatable bonds is 5. The van der Waals surface area contributed by atoms with Crippen molar-refractivity contribution in [3.8, 4) is 11.5 Å². The fourth-order valence-corrected chi connectivity index (χ4v) is 3.07. The summed E-state index contributed by atoms with van der Waals surface area (Å²) in [5, 5.41) is 0. The van der Waals surface area contributed by atoms with Crippen molar-refractivity contribution < 1.29 is 9.47 Å². The Morgan fingerprint density at radius 1 is 1.00 bits per heavy atom. The monoisotopic (exact) mass is 413 g/mol. The number of nitrogens with two attached hydrogens (primary N) is 1. The van der Waals surface area contributed by atoms with Crippen LogP contribution in [0.15, 0.2) is 45.3 Å². The molecular weight excluding hydrogens is 398 g/mol. The molecule has 0 heterocycles. The summed E-state index contributed by atoms with van der Waals surface area (Å²) < 4.78 is 12.4. The Labute approximate surface area is 141 Å². The molecule has 112 valence electrons. The highest BCUT2D eigenvalue weighted by Crippen LogP contribution is 2.30. The topological polar surface area (TPSA) is 44.5 Å². The zero-order valence-corrected chi connectivity index (χ0v) is 15.1. The molecule has 0 saturated heterocycles. The van der Waals surface area contributed by atoms with E-state index in [9.17, 15) is 0 Å². The number of ether oxygens (including phenoxy) is 2. The number of halogens is 2. The van der Waals surface area contributed by atoms with Crippen LogP contribution < -0.4 is 15.2 Å². The highest BCUT2D eigenvalue weighted by molar-refractivity contribution is 9.10. The van der Waals surface area contributed by atoms with E-state index < -0.39 is 0 Å². The van der Waals surface area contributed by atoms with Gasteiger partial charge in [-0.15, -0.1) is 0 Å². The van der Waals surface area contributed by atoms with Crippen LogP contribution in [0, 0.1) is 0 Å². The summed E-state index contributed by atoms with van der Waals surface area (Å²) >= 11 is 7.05. The zero-order valence-electron chi connectivity index (χ0n) is 11.9. The molecule has 2 N–H and O–H groups in total. The van der Waals surface area contributed by atoms with E-state index in [0.717, 1.165) is 38.0 Å². The molecule has 21 heavy (non-hydrogen) atoms. The minimum atomic E-state index is -0.101. The van der Waals surface area contributed by atoms with E-state index in [1.807, 2.05) is 36.4 Å². The van der Waals surface area contributed by atoms with Gasteiger partial charge in [0.2, 0.25) is 0 Å². The first-order chi connectivity index (χ1) is 10.0. The molecule has 0 aliphatic carbocycles. The van der Waals surface area contributed by atoms with Gasteiger partial charge in [-0.1, -0.05) is 22.0 Å². The van der Waals surface area contributed by atoms with E-state index in [4.69, 9.17) is 15.2 Å². The fraction of sp³-hybridized carbons (Fsp3) is 0.250. The van der Waals surface area contributed by atoms with Crippen LogP contribution in [0.1, 0.15) is 17.2 Å². The van der Waals surface area contributed by atoms with Gasteiger partial charge in [0.25, 0.3) is 0 Å². The van der Waals surface area contributed by atoms with Crippen LogP contribution >= 0.6 is 31.9 Å². The average molecular weight is 415 g/mol. The van der Waals surface area contributed by atoms with Gasteiger partial charge in [0, 0.05) is 10.5 Å². The highest BCUT2D eigenvalue weighted by Gasteiger charge is 2.12. The van der Waals surface area contributed by atoms with E-state index in [1.54, 1.807) is 14.2 Å². The minimum absolute atomic E-state index is 0.101. The van der Waals surface area contributed by atoms with Gasteiger partial charge in [-0.25, -0.2) is 0 Å². The molecule has 2 rings (SSSR count). The molecule has 5 heteroatoms. The van der Waals surface area contributed by atoms with Gasteiger partial charge in [0.05, 0.1) is 18.7 Å². The van der Waals surface area contributed by atoms with Crippen LogP contribution in [-0.2, 0) is 6.42 Å². The Kier molecular flexibility index (Phi) is 5.67. The summed E-state index contributed by atoms with van der Waals surface area (Å²) in [4.78, 5) is 0. The van der Waals surface area contributed by atoms with Gasteiger partial charge < -0.3 is 15.2 Å². The maximum Gasteiger partial charge on any atom is 0.133 e. The smallest absolute Gasteiger partial charge is 0.133 e. The Morgan fingerprint density at radius 2 is 1.76 bits per heavy atom. The van der Waals surface area contributed by atoms with Crippen LogP contribution in [0.2, 0.25) is 0 Å². The second-order valence-corrected chi connectivity index (χ2v) is 6.37. The Balaban J connectivity index is 2.21. The summed E-state index contributed by atoms with van der Waals surface area (Å²) in [5.41, 5.74) is 8.50. The van der Waals surface area contributed by atoms with Crippen molar-refractivity contribution in [1.29, 1.82) is 0 Å². The normalized spacial score (nSPS) is 12.0. The van der Waals surface area contributed by atoms with Crippen LogP contribution in [0.25, 0.3) is 0 Å². The van der Waals surface area contributed by atoms with Crippen molar-refractivity contribution >= 4 is 31.9 Å². The number of benzene rings is 2. The molecule has 0 amide bonds. The van der Waals surface area contributed by atoms with Gasteiger partial charge in [-0.2, -0.15) is 0 Å². The van der Waals surface area contributed by atoms with Crippen LogP contribution in [-0.4, -0.2) is 14.2 Å². The Hall–Kier alpha value is -1.04. The molecule has 2 aromatic rings. The fourth-order valence-electron chi connectivity index (χ4n) is 2.10. The minimum Gasteiger partial charge on any atom is -0.497 e. The van der Waals surface area contributed by atoms with Gasteiger partial charge in [-0.3, -0.25) is 0 Å². The SMILES string of the molecule is COc1ccc(Br)c(CC(N)c2ccc(OC)c(Br)c2)c1. The summed E-state index contributed by atoms with van der Waals surface area (Å²) in [6.07, 6.45) is 0.719. The molecule has 0 radical (unpaired) electrons. The van der Waals surface area contributed by atoms with E-state index in [1.165, 1.54) is 0 Å². The third-order valence-electron chi connectivity index (χ3n) is 3.30. The molecule has 3 nitrogen and oxygen atoms in total. The first-order valence-electron chi connectivity index (χ1n) is 6.46. The van der Waals surface area contributed by atoms with E-state index in [0.29, 0.717) is 0 Å². The van der Waals surface area contributed by atoms with E-state index in [-0.39, 0.29) is 6.04 Å². The van der Waals surface area contributed by atoms with E-state index in [2.05, 4.69) is 31.9 Å². The maximum absolute atomic E-state index is 6.32. The number of methoxy groups -OCH3 is 2. The highest BCUT2D eigenvalue weighted by atomic mass is 79.9. The summed E-state index contributed by atoms with van der Waals surface area (Å²) in [5.74, 6) is 1.63. The van der Waals surface area contributed by atoms with Crippen molar-refractivity contribution in [3.63, 3.8) is 0 Å². The molecule has 0 aromatic heterocycles. The molecule has 0 aliphatic rings. The predicted molar refractivity (Wildman–Crippen MR) is 92.0 cm³/mol. The lowest BCUT2D eigenvalue weighted by molar-refractivity contribution is 0.412. The Morgan fingerprint density at radius 3 is 2.38 bits per heavy atom. The zero-order chi connectivity index (χ0) is 15.4.